The van der Waals surface area contributed by atoms with Crippen LogP contribution in [0.1, 0.15) is 18.2 Å². The molecule has 1 aliphatic heterocycles. The van der Waals surface area contributed by atoms with Gasteiger partial charge in [0.1, 0.15) is 10.8 Å². The fourth-order valence-electron chi connectivity index (χ4n) is 3.35. The summed E-state index contributed by atoms with van der Waals surface area (Å²) < 4.78 is 5.88. The van der Waals surface area contributed by atoms with Crippen LogP contribution in [-0.2, 0) is 17.8 Å². The van der Waals surface area contributed by atoms with Gasteiger partial charge in [0.15, 0.2) is 6.10 Å². The van der Waals surface area contributed by atoms with Gasteiger partial charge in [0.25, 0.3) is 5.91 Å². The van der Waals surface area contributed by atoms with Crippen LogP contribution in [0.2, 0.25) is 0 Å². The molecule has 0 spiro atoms. The van der Waals surface area contributed by atoms with Crippen molar-refractivity contribution in [1.82, 2.24) is 10.3 Å². The first-order valence-corrected chi connectivity index (χ1v) is 10.3. The first-order chi connectivity index (χ1) is 13.7. The van der Waals surface area contributed by atoms with Crippen LogP contribution in [0, 0.1) is 0 Å². The van der Waals surface area contributed by atoms with Crippen molar-refractivity contribution in [3.8, 4) is 16.3 Å². The number of thiazole rings is 1. The highest BCUT2D eigenvalue weighted by atomic mass is 32.1. The number of hydrogen-bond donors (Lipinski definition) is 1. The average molecular weight is 394 g/mol. The van der Waals surface area contributed by atoms with Crippen molar-refractivity contribution >= 4 is 22.9 Å². The maximum atomic E-state index is 12.1. The lowest BCUT2D eigenvalue weighted by atomic mass is 10.1. The van der Waals surface area contributed by atoms with Gasteiger partial charge in [0, 0.05) is 18.0 Å². The zero-order valence-electron chi connectivity index (χ0n) is 16.0. The fraction of sp³-hybridized carbons (Fsp3) is 0.273. The molecule has 0 unspecified atom stereocenters. The molecule has 6 heteroatoms. The molecule has 5 nitrogen and oxygen atoms in total. The Morgan fingerprint density at radius 2 is 2.04 bits per heavy atom. The molecule has 1 N–H and O–H groups in total. The van der Waals surface area contributed by atoms with Crippen molar-refractivity contribution in [3.05, 3.63) is 65.2 Å². The summed E-state index contributed by atoms with van der Waals surface area (Å²) in [5, 5.41) is 5.79. The van der Waals surface area contributed by atoms with Crippen LogP contribution in [-0.4, -0.2) is 30.6 Å². The predicted molar refractivity (Wildman–Crippen MR) is 113 cm³/mol. The highest BCUT2D eigenvalue weighted by Crippen LogP contribution is 2.34. The van der Waals surface area contributed by atoms with Crippen LogP contribution in [0.3, 0.4) is 0 Å². The number of anilines is 1. The Morgan fingerprint density at radius 1 is 1.25 bits per heavy atom. The summed E-state index contributed by atoms with van der Waals surface area (Å²) in [6, 6.07) is 16.4. The molecule has 1 atom stereocenters. The number of aryl methyl sites for hydroxylation is 1. The van der Waals surface area contributed by atoms with Crippen molar-refractivity contribution < 1.29 is 9.53 Å². The molecule has 0 saturated carbocycles. The van der Waals surface area contributed by atoms with Gasteiger partial charge in [0.2, 0.25) is 0 Å². The van der Waals surface area contributed by atoms with Gasteiger partial charge in [-0.2, -0.15) is 0 Å². The lowest BCUT2D eigenvalue weighted by molar-refractivity contribution is -0.127. The van der Waals surface area contributed by atoms with Crippen molar-refractivity contribution in [2.24, 2.45) is 0 Å². The minimum absolute atomic E-state index is 0.116. The topological polar surface area (TPSA) is 54.5 Å². The molecular weight excluding hydrogens is 370 g/mol. The Bertz CT molecular complexity index is 968. The second kappa shape index (κ2) is 8.02. The second-order valence-corrected chi connectivity index (χ2v) is 7.62. The van der Waals surface area contributed by atoms with Crippen LogP contribution in [0.4, 0.5) is 5.69 Å². The highest BCUT2D eigenvalue weighted by Gasteiger charge is 2.30. The number of benzene rings is 2. The van der Waals surface area contributed by atoms with E-state index >= 15 is 0 Å². The van der Waals surface area contributed by atoms with Crippen molar-refractivity contribution in [2.45, 2.75) is 26.0 Å². The van der Waals surface area contributed by atoms with Crippen LogP contribution in [0.15, 0.2) is 53.9 Å². The number of aromatic nitrogens is 1. The molecule has 0 aliphatic carbocycles. The van der Waals surface area contributed by atoms with Crippen LogP contribution < -0.4 is 15.0 Å². The van der Waals surface area contributed by atoms with E-state index in [0.29, 0.717) is 13.1 Å². The highest BCUT2D eigenvalue weighted by molar-refractivity contribution is 7.13. The van der Waals surface area contributed by atoms with E-state index < -0.39 is 6.10 Å². The Kier molecular flexibility index (Phi) is 5.30. The predicted octanol–water partition coefficient (Wildman–Crippen LogP) is 3.89. The Labute approximate surface area is 169 Å². The minimum Gasteiger partial charge on any atom is -0.477 e. The number of hydrogen-bond acceptors (Lipinski definition) is 5. The van der Waals surface area contributed by atoms with Gasteiger partial charge < -0.3 is 15.0 Å². The second-order valence-electron chi connectivity index (χ2n) is 6.76. The number of amides is 1. The van der Waals surface area contributed by atoms with E-state index in [4.69, 9.17) is 9.72 Å². The SMILES string of the molecule is CCc1ccc(-c2nc(CN3C[C@H](C(=O)NC)Oc4ccccc43)cs2)cc1. The lowest BCUT2D eigenvalue weighted by Gasteiger charge is -2.35. The van der Waals surface area contributed by atoms with E-state index in [0.717, 1.165) is 34.1 Å². The van der Waals surface area contributed by atoms with Gasteiger partial charge in [-0.15, -0.1) is 11.3 Å². The third-order valence-electron chi connectivity index (χ3n) is 4.91. The Morgan fingerprint density at radius 3 is 2.79 bits per heavy atom. The molecule has 2 heterocycles. The summed E-state index contributed by atoms with van der Waals surface area (Å²) in [5.41, 5.74) is 4.45. The summed E-state index contributed by atoms with van der Waals surface area (Å²) >= 11 is 1.65. The van der Waals surface area contributed by atoms with Gasteiger partial charge in [0.05, 0.1) is 24.5 Å². The fourth-order valence-corrected chi connectivity index (χ4v) is 4.16. The summed E-state index contributed by atoms with van der Waals surface area (Å²) in [7, 11) is 1.63. The summed E-state index contributed by atoms with van der Waals surface area (Å²) in [5.74, 6) is 0.613. The number of ether oxygens (including phenoxy) is 1. The number of carbonyl (C=O) groups is 1. The van der Waals surface area contributed by atoms with Gasteiger partial charge in [-0.05, 0) is 24.1 Å². The molecule has 0 fully saturated rings. The van der Waals surface area contributed by atoms with Crippen molar-refractivity contribution in [1.29, 1.82) is 0 Å². The zero-order chi connectivity index (χ0) is 19.5. The van der Waals surface area contributed by atoms with Crippen molar-refractivity contribution in [3.63, 3.8) is 0 Å². The van der Waals surface area contributed by atoms with Crippen LogP contribution in [0.25, 0.3) is 10.6 Å². The molecule has 28 heavy (non-hydrogen) atoms. The molecule has 144 valence electrons. The Balaban J connectivity index is 1.56. The number of carbonyl (C=O) groups excluding carboxylic acids is 1. The molecule has 0 radical (unpaired) electrons. The number of likely N-dealkylation sites (N-methyl/N-ethyl adjacent to an activating group) is 1. The van der Waals surface area contributed by atoms with Crippen LogP contribution >= 0.6 is 11.3 Å². The van der Waals surface area contributed by atoms with E-state index in [1.807, 2.05) is 24.3 Å². The minimum atomic E-state index is -0.528. The number of nitrogens with one attached hydrogen (secondary N) is 1. The molecule has 4 rings (SSSR count). The number of para-hydroxylation sites is 2. The first kappa shape index (κ1) is 18.5. The van der Waals surface area contributed by atoms with E-state index in [9.17, 15) is 4.79 Å². The molecular formula is C22H23N3O2S. The standard InChI is InChI=1S/C22H23N3O2S/c1-3-15-8-10-16(11-9-15)22-24-17(14-28-22)12-25-13-20(21(26)23-2)27-19-7-5-4-6-18(19)25/h4-11,14,20H,3,12-13H2,1-2H3,(H,23,26)/t20-/m1/s1. The van der Waals surface area contributed by atoms with Gasteiger partial charge >= 0.3 is 0 Å². The van der Waals surface area contributed by atoms with Gasteiger partial charge in [-0.1, -0.05) is 43.3 Å². The van der Waals surface area contributed by atoms with E-state index in [1.54, 1.807) is 18.4 Å². The van der Waals surface area contributed by atoms with E-state index in [2.05, 4.69) is 46.8 Å². The molecule has 2 aromatic carbocycles. The third kappa shape index (κ3) is 3.73. The monoisotopic (exact) mass is 393 g/mol. The third-order valence-corrected chi connectivity index (χ3v) is 5.85. The molecule has 0 bridgehead atoms. The molecule has 3 aromatic rings. The summed E-state index contributed by atoms with van der Waals surface area (Å²) in [6.45, 7) is 3.29. The normalized spacial score (nSPS) is 15.6. The quantitative estimate of drug-likeness (QED) is 0.715. The maximum Gasteiger partial charge on any atom is 0.262 e. The van der Waals surface area contributed by atoms with Crippen LogP contribution in [0.5, 0.6) is 5.75 Å². The van der Waals surface area contributed by atoms with Gasteiger partial charge in [-0.3, -0.25) is 4.79 Å². The lowest BCUT2D eigenvalue weighted by Crippen LogP contribution is -2.47. The van der Waals surface area contributed by atoms with E-state index in [-0.39, 0.29) is 5.91 Å². The number of fused-ring (bicyclic) bond motifs is 1. The Hall–Kier alpha value is -2.86. The largest absolute Gasteiger partial charge is 0.477 e. The number of nitrogens with zero attached hydrogens (tertiary/aromatic N) is 2. The van der Waals surface area contributed by atoms with E-state index in [1.165, 1.54) is 5.56 Å². The first-order valence-electron chi connectivity index (χ1n) is 9.44. The average Bonchev–Trinajstić information content (AvgIpc) is 3.21. The molecule has 1 amide bonds. The molecule has 0 saturated heterocycles. The maximum absolute atomic E-state index is 12.1. The summed E-state index contributed by atoms with van der Waals surface area (Å²) in [4.78, 5) is 19.1. The smallest absolute Gasteiger partial charge is 0.262 e. The molecule has 1 aliphatic rings. The number of rotatable bonds is 5. The van der Waals surface area contributed by atoms with Gasteiger partial charge in [-0.25, -0.2) is 4.98 Å². The summed E-state index contributed by atoms with van der Waals surface area (Å²) in [6.07, 6.45) is 0.506. The zero-order valence-corrected chi connectivity index (χ0v) is 16.8. The van der Waals surface area contributed by atoms with Crippen molar-refractivity contribution in [2.75, 3.05) is 18.5 Å². The molecule has 1 aromatic heterocycles.